The average Bonchev–Trinajstić information content (AvgIpc) is 2.78. The minimum Gasteiger partial charge on any atom is -0.465 e. The van der Waals surface area contributed by atoms with Gasteiger partial charge in [0.05, 0.1) is 28.9 Å². The fraction of sp³-hybridized carbons (Fsp3) is 0.130. The summed E-state index contributed by atoms with van der Waals surface area (Å²) in [6.45, 7) is 1.36. The number of nitrogens with one attached hydrogen (secondary N) is 1. The Balaban J connectivity index is 1.95. The van der Waals surface area contributed by atoms with Crippen molar-refractivity contribution in [1.82, 2.24) is 0 Å². The lowest BCUT2D eigenvalue weighted by atomic mass is 10.2. The molecule has 7 nitrogen and oxygen atoms in total. The highest BCUT2D eigenvalue weighted by atomic mass is 32.2. The number of hydrogen-bond acceptors (Lipinski definition) is 5. The van der Waals surface area contributed by atoms with Crippen LogP contribution in [0.3, 0.4) is 0 Å². The second-order valence-electron chi connectivity index (χ2n) is 6.75. The third-order valence-corrected chi connectivity index (χ3v) is 6.30. The first-order valence-electron chi connectivity index (χ1n) is 9.44. The standard InChI is InChI=1S/C23H22N2O5S/c1-17-9-8-10-18(15-17)25(31(28,29)19-11-4-3-5-12-19)16-22(26)24-21-14-7-6-13-20(21)23(27)30-2/h3-15H,16H2,1-2H3,(H,24,26). The van der Waals surface area contributed by atoms with Crippen molar-refractivity contribution < 1.29 is 22.7 Å². The van der Waals surface area contributed by atoms with Gasteiger partial charge >= 0.3 is 5.97 Å². The number of nitrogens with zero attached hydrogens (tertiary/aromatic N) is 1. The molecule has 0 aliphatic rings. The minimum atomic E-state index is -4.01. The second kappa shape index (κ2) is 9.44. The van der Waals surface area contributed by atoms with E-state index in [0.717, 1.165) is 9.87 Å². The Morgan fingerprint density at radius 1 is 0.935 bits per heavy atom. The van der Waals surface area contributed by atoms with Gasteiger partial charge in [0.25, 0.3) is 10.0 Å². The summed E-state index contributed by atoms with van der Waals surface area (Å²) in [5, 5.41) is 2.62. The number of carbonyl (C=O) groups excluding carboxylic acids is 2. The molecule has 31 heavy (non-hydrogen) atoms. The van der Waals surface area contributed by atoms with Crippen LogP contribution in [0.4, 0.5) is 11.4 Å². The van der Waals surface area contributed by atoms with Gasteiger partial charge in [-0.1, -0.05) is 42.5 Å². The van der Waals surface area contributed by atoms with E-state index in [0.29, 0.717) is 5.69 Å². The molecule has 0 saturated carbocycles. The molecule has 160 valence electrons. The zero-order valence-corrected chi connectivity index (χ0v) is 17.9. The lowest BCUT2D eigenvalue weighted by Gasteiger charge is -2.24. The molecule has 0 radical (unpaired) electrons. The predicted octanol–water partition coefficient (Wildman–Crippen LogP) is 3.62. The van der Waals surface area contributed by atoms with Crippen molar-refractivity contribution in [3.63, 3.8) is 0 Å². The quantitative estimate of drug-likeness (QED) is 0.569. The number of rotatable bonds is 7. The zero-order valence-electron chi connectivity index (χ0n) is 17.1. The first-order chi connectivity index (χ1) is 14.8. The van der Waals surface area contributed by atoms with E-state index in [1.807, 2.05) is 13.0 Å². The maximum atomic E-state index is 13.3. The average molecular weight is 439 g/mol. The summed E-state index contributed by atoms with van der Waals surface area (Å²) in [5.41, 5.74) is 1.62. The molecule has 3 aromatic rings. The monoisotopic (exact) mass is 438 g/mol. The number of methoxy groups -OCH3 is 1. The van der Waals surface area contributed by atoms with Crippen LogP contribution in [0.2, 0.25) is 0 Å². The number of hydrogen-bond donors (Lipinski definition) is 1. The largest absolute Gasteiger partial charge is 0.465 e. The Labute approximate surface area is 181 Å². The van der Waals surface area contributed by atoms with Crippen LogP contribution in [0.5, 0.6) is 0 Å². The van der Waals surface area contributed by atoms with Gasteiger partial charge in [-0.2, -0.15) is 0 Å². The number of anilines is 2. The molecule has 0 saturated heterocycles. The van der Waals surface area contributed by atoms with Gasteiger partial charge in [-0.15, -0.1) is 0 Å². The number of aryl methyl sites for hydroxylation is 1. The van der Waals surface area contributed by atoms with Crippen LogP contribution < -0.4 is 9.62 Å². The van der Waals surface area contributed by atoms with Gasteiger partial charge in [0.15, 0.2) is 0 Å². The normalized spacial score (nSPS) is 10.9. The summed E-state index contributed by atoms with van der Waals surface area (Å²) >= 11 is 0. The van der Waals surface area contributed by atoms with E-state index in [1.54, 1.807) is 54.6 Å². The van der Waals surface area contributed by atoms with Gasteiger partial charge in [-0.25, -0.2) is 13.2 Å². The smallest absolute Gasteiger partial charge is 0.339 e. The van der Waals surface area contributed by atoms with Crippen LogP contribution >= 0.6 is 0 Å². The Morgan fingerprint density at radius 3 is 2.29 bits per heavy atom. The molecular formula is C23H22N2O5S. The van der Waals surface area contributed by atoms with Gasteiger partial charge < -0.3 is 10.1 Å². The molecule has 0 aromatic heterocycles. The van der Waals surface area contributed by atoms with Crippen LogP contribution in [0.25, 0.3) is 0 Å². The number of esters is 1. The van der Waals surface area contributed by atoms with Gasteiger partial charge in [0.2, 0.25) is 5.91 Å². The van der Waals surface area contributed by atoms with Crippen molar-refractivity contribution in [2.24, 2.45) is 0 Å². The van der Waals surface area contributed by atoms with Crippen LogP contribution in [-0.2, 0) is 19.6 Å². The third kappa shape index (κ3) is 5.10. The zero-order chi connectivity index (χ0) is 22.4. The van der Waals surface area contributed by atoms with Crippen LogP contribution in [-0.4, -0.2) is 33.9 Å². The van der Waals surface area contributed by atoms with E-state index >= 15 is 0 Å². The van der Waals surface area contributed by atoms with E-state index in [2.05, 4.69) is 5.32 Å². The summed E-state index contributed by atoms with van der Waals surface area (Å²) in [6, 6.07) is 21.1. The number of amides is 1. The van der Waals surface area contributed by atoms with Crippen molar-refractivity contribution in [3.8, 4) is 0 Å². The van der Waals surface area contributed by atoms with E-state index in [4.69, 9.17) is 4.74 Å². The summed E-state index contributed by atoms with van der Waals surface area (Å²) in [7, 11) is -2.77. The maximum Gasteiger partial charge on any atom is 0.339 e. The number of benzene rings is 3. The van der Waals surface area contributed by atoms with Gasteiger partial charge in [-0.3, -0.25) is 9.10 Å². The lowest BCUT2D eigenvalue weighted by molar-refractivity contribution is -0.114. The second-order valence-corrected chi connectivity index (χ2v) is 8.61. The molecule has 0 aliphatic carbocycles. The fourth-order valence-electron chi connectivity index (χ4n) is 3.02. The molecule has 0 unspecified atom stereocenters. The highest BCUT2D eigenvalue weighted by Crippen LogP contribution is 2.25. The van der Waals surface area contributed by atoms with Crippen LogP contribution in [0.15, 0.2) is 83.8 Å². The number of sulfonamides is 1. The highest BCUT2D eigenvalue weighted by Gasteiger charge is 2.27. The van der Waals surface area contributed by atoms with Gasteiger partial charge in [0.1, 0.15) is 6.54 Å². The molecule has 0 spiro atoms. The van der Waals surface area contributed by atoms with Gasteiger partial charge in [-0.05, 0) is 48.9 Å². The molecule has 0 aliphatic heterocycles. The molecule has 0 fully saturated rings. The first kappa shape index (κ1) is 22.0. The topological polar surface area (TPSA) is 92.8 Å². The fourth-order valence-corrected chi connectivity index (χ4v) is 4.45. The lowest BCUT2D eigenvalue weighted by Crippen LogP contribution is -2.38. The first-order valence-corrected chi connectivity index (χ1v) is 10.9. The van der Waals surface area contributed by atoms with Crippen LogP contribution in [0, 0.1) is 6.92 Å². The molecule has 0 bridgehead atoms. The number of carbonyl (C=O) groups is 2. The molecule has 8 heteroatoms. The summed E-state index contributed by atoms with van der Waals surface area (Å²) in [5.74, 6) is -1.21. The molecule has 1 N–H and O–H groups in total. The predicted molar refractivity (Wildman–Crippen MR) is 119 cm³/mol. The molecule has 3 aromatic carbocycles. The van der Waals surface area contributed by atoms with Crippen molar-refractivity contribution >= 4 is 33.3 Å². The van der Waals surface area contributed by atoms with E-state index < -0.39 is 28.4 Å². The Kier molecular flexibility index (Phi) is 6.71. The van der Waals surface area contributed by atoms with Crippen molar-refractivity contribution in [2.75, 3.05) is 23.3 Å². The summed E-state index contributed by atoms with van der Waals surface area (Å²) in [4.78, 5) is 24.9. The number of ether oxygens (including phenoxy) is 1. The molecule has 0 heterocycles. The van der Waals surface area contributed by atoms with Crippen LogP contribution in [0.1, 0.15) is 15.9 Å². The Bertz CT molecular complexity index is 1190. The molecular weight excluding hydrogens is 416 g/mol. The summed E-state index contributed by atoms with van der Waals surface area (Å²) < 4.78 is 32.4. The third-order valence-electron chi connectivity index (χ3n) is 4.51. The van der Waals surface area contributed by atoms with Crippen molar-refractivity contribution in [1.29, 1.82) is 0 Å². The maximum absolute atomic E-state index is 13.3. The minimum absolute atomic E-state index is 0.0688. The van der Waals surface area contributed by atoms with Crippen molar-refractivity contribution in [2.45, 2.75) is 11.8 Å². The van der Waals surface area contributed by atoms with Crippen molar-refractivity contribution in [3.05, 3.63) is 90.0 Å². The molecule has 1 amide bonds. The number of para-hydroxylation sites is 1. The molecule has 3 rings (SSSR count). The van der Waals surface area contributed by atoms with E-state index in [1.165, 1.54) is 25.3 Å². The van der Waals surface area contributed by atoms with Gasteiger partial charge in [0, 0.05) is 0 Å². The Hall–Kier alpha value is -3.65. The Morgan fingerprint density at radius 2 is 1.61 bits per heavy atom. The van der Waals surface area contributed by atoms with E-state index in [9.17, 15) is 18.0 Å². The summed E-state index contributed by atoms with van der Waals surface area (Å²) in [6.07, 6.45) is 0. The van der Waals surface area contributed by atoms with E-state index in [-0.39, 0.29) is 16.1 Å². The highest BCUT2D eigenvalue weighted by molar-refractivity contribution is 7.92. The molecule has 0 atom stereocenters. The SMILES string of the molecule is COC(=O)c1ccccc1NC(=O)CN(c1cccc(C)c1)S(=O)(=O)c1ccccc1.